The van der Waals surface area contributed by atoms with Crippen molar-refractivity contribution in [2.75, 3.05) is 0 Å². The fourth-order valence-corrected chi connectivity index (χ4v) is 9.36. The van der Waals surface area contributed by atoms with Crippen molar-refractivity contribution in [3.63, 3.8) is 0 Å². The van der Waals surface area contributed by atoms with Gasteiger partial charge in [0.25, 0.3) is 0 Å². The number of aliphatic hydroxyl groups excluding tert-OH is 1. The van der Waals surface area contributed by atoms with Gasteiger partial charge in [0.2, 0.25) is 0 Å². The van der Waals surface area contributed by atoms with Crippen molar-refractivity contribution < 1.29 is 5.11 Å². The molecule has 1 heteroatoms. The minimum absolute atomic E-state index is 0.0443. The summed E-state index contributed by atoms with van der Waals surface area (Å²) in [5, 5.41) is 10.8. The first-order valence-corrected chi connectivity index (χ1v) is 13.5. The van der Waals surface area contributed by atoms with Gasteiger partial charge in [-0.3, -0.25) is 0 Å². The molecule has 0 aromatic rings. The van der Waals surface area contributed by atoms with Crippen LogP contribution in [0.5, 0.6) is 0 Å². The molecule has 1 nitrogen and oxygen atoms in total. The monoisotopic (exact) mass is 426 g/mol. The normalized spacial score (nSPS) is 45.5. The van der Waals surface area contributed by atoms with E-state index in [9.17, 15) is 5.11 Å². The Morgan fingerprint density at radius 3 is 2.29 bits per heavy atom. The second-order valence-electron chi connectivity index (χ2n) is 13.6. The number of rotatable bonds is 4. The van der Waals surface area contributed by atoms with Crippen molar-refractivity contribution in [3.8, 4) is 0 Å². The van der Waals surface area contributed by atoms with Crippen LogP contribution >= 0.6 is 0 Å². The molecular formula is C30H50O. The highest BCUT2D eigenvalue weighted by atomic mass is 16.3. The lowest BCUT2D eigenvalue weighted by Gasteiger charge is -2.62. The Labute approximate surface area is 193 Å². The van der Waals surface area contributed by atoms with Gasteiger partial charge in [0, 0.05) is 0 Å². The van der Waals surface area contributed by atoms with E-state index < -0.39 is 0 Å². The summed E-state index contributed by atoms with van der Waals surface area (Å²) in [4.78, 5) is 0. The maximum atomic E-state index is 10.8. The fraction of sp³-hybridized carbons (Fsp3) is 0.867. The highest BCUT2D eigenvalue weighted by Gasteiger charge is 2.63. The molecule has 0 amide bonds. The van der Waals surface area contributed by atoms with Crippen LogP contribution in [0.3, 0.4) is 0 Å². The van der Waals surface area contributed by atoms with Gasteiger partial charge in [-0.1, -0.05) is 78.7 Å². The minimum Gasteiger partial charge on any atom is -0.393 e. The zero-order valence-corrected chi connectivity index (χ0v) is 21.9. The van der Waals surface area contributed by atoms with Crippen LogP contribution in [0.4, 0.5) is 0 Å². The van der Waals surface area contributed by atoms with E-state index in [0.29, 0.717) is 28.1 Å². The van der Waals surface area contributed by atoms with Gasteiger partial charge in [-0.05, 0) is 103 Å². The van der Waals surface area contributed by atoms with Crippen LogP contribution in [-0.2, 0) is 0 Å². The van der Waals surface area contributed by atoms with Gasteiger partial charge in [0.05, 0.1) is 6.10 Å². The second kappa shape index (κ2) is 7.75. The largest absolute Gasteiger partial charge is 0.393 e. The number of hydrogen-bond acceptors (Lipinski definition) is 1. The van der Waals surface area contributed by atoms with E-state index >= 15 is 0 Å². The lowest BCUT2D eigenvalue weighted by Crippen LogP contribution is -2.55. The van der Waals surface area contributed by atoms with E-state index in [1.807, 2.05) is 11.1 Å². The van der Waals surface area contributed by atoms with E-state index in [1.165, 1.54) is 51.4 Å². The maximum absolute atomic E-state index is 10.8. The van der Waals surface area contributed by atoms with E-state index in [1.54, 1.807) is 0 Å². The lowest BCUT2D eigenvalue weighted by atomic mass is 9.43. The van der Waals surface area contributed by atoms with E-state index in [0.717, 1.165) is 18.3 Å². The van der Waals surface area contributed by atoms with Gasteiger partial charge in [0.1, 0.15) is 0 Å². The van der Waals surface area contributed by atoms with Crippen LogP contribution in [0.2, 0.25) is 0 Å². The predicted molar refractivity (Wildman–Crippen MR) is 133 cm³/mol. The molecule has 7 atom stereocenters. The average molecular weight is 427 g/mol. The summed E-state index contributed by atoms with van der Waals surface area (Å²) in [6, 6.07) is 0. The maximum Gasteiger partial charge on any atom is 0.0594 e. The molecule has 7 unspecified atom stereocenters. The first-order valence-electron chi connectivity index (χ1n) is 13.5. The van der Waals surface area contributed by atoms with E-state index in [2.05, 4.69) is 67.5 Å². The Hall–Kier alpha value is -0.560. The molecule has 0 radical (unpaired) electrons. The zero-order valence-electron chi connectivity index (χ0n) is 21.9. The molecule has 1 N–H and O–H groups in total. The number of allylic oxidation sites excluding steroid dienone is 4. The van der Waals surface area contributed by atoms with Gasteiger partial charge < -0.3 is 5.11 Å². The first kappa shape index (κ1) is 23.6. The minimum atomic E-state index is -0.132. The first-order chi connectivity index (χ1) is 14.4. The predicted octanol–water partition coefficient (Wildman–Crippen LogP) is 8.34. The summed E-state index contributed by atoms with van der Waals surface area (Å²) in [6.45, 7) is 19.7. The smallest absolute Gasteiger partial charge is 0.0594 e. The molecule has 0 aromatic carbocycles. The summed E-state index contributed by atoms with van der Waals surface area (Å²) >= 11 is 0. The summed E-state index contributed by atoms with van der Waals surface area (Å²) < 4.78 is 0. The molecule has 2 saturated carbocycles. The van der Waals surface area contributed by atoms with Gasteiger partial charge >= 0.3 is 0 Å². The van der Waals surface area contributed by atoms with Crippen molar-refractivity contribution in [3.05, 3.63) is 23.3 Å². The SMILES string of the molecule is CC(C)C=CCC(C)C1CCC2(C)C3=C(CCC12C)C1(C)CCC(O)C(C)(C)C1CC3. The van der Waals surface area contributed by atoms with Crippen molar-refractivity contribution in [2.45, 2.75) is 119 Å². The number of fused-ring (bicyclic) bond motifs is 4. The Kier molecular flexibility index (Phi) is 5.90. The Bertz CT molecular complexity index is 756. The molecule has 4 aliphatic rings. The number of hydrogen-bond donors (Lipinski definition) is 1. The van der Waals surface area contributed by atoms with Crippen molar-refractivity contribution in [1.29, 1.82) is 0 Å². The van der Waals surface area contributed by atoms with E-state index in [4.69, 9.17) is 0 Å². The summed E-state index contributed by atoms with van der Waals surface area (Å²) in [7, 11) is 0. The van der Waals surface area contributed by atoms with E-state index in [-0.39, 0.29) is 11.5 Å². The molecule has 0 saturated heterocycles. The quantitative estimate of drug-likeness (QED) is 0.448. The molecule has 0 bridgehead atoms. The molecule has 0 aliphatic heterocycles. The molecule has 4 rings (SSSR count). The highest BCUT2D eigenvalue weighted by Crippen LogP contribution is 2.72. The topological polar surface area (TPSA) is 20.2 Å². The molecule has 0 heterocycles. The Morgan fingerprint density at radius 1 is 0.903 bits per heavy atom. The third-order valence-corrected chi connectivity index (χ3v) is 11.5. The molecule has 2 fully saturated rings. The van der Waals surface area contributed by atoms with Gasteiger partial charge in [0.15, 0.2) is 0 Å². The molecule has 31 heavy (non-hydrogen) atoms. The molecule has 0 aromatic heterocycles. The lowest BCUT2D eigenvalue weighted by molar-refractivity contribution is -0.0961. The highest BCUT2D eigenvalue weighted by molar-refractivity contribution is 5.38. The molecule has 176 valence electrons. The summed E-state index contributed by atoms with van der Waals surface area (Å²) in [6.07, 6.45) is 16.2. The molecule has 0 spiro atoms. The van der Waals surface area contributed by atoms with Gasteiger partial charge in [-0.2, -0.15) is 0 Å². The van der Waals surface area contributed by atoms with Crippen LogP contribution < -0.4 is 0 Å². The van der Waals surface area contributed by atoms with Crippen LogP contribution in [0, 0.1) is 45.3 Å². The van der Waals surface area contributed by atoms with Crippen LogP contribution in [0.25, 0.3) is 0 Å². The molecule has 4 aliphatic carbocycles. The third kappa shape index (κ3) is 3.34. The standard InChI is InChI=1S/C30H50O/c1-20(2)10-9-11-21(3)22-14-18-30(8)24-12-13-25-27(4,5)26(31)16-17-28(25,6)23(24)15-19-29(22,30)7/h9-10,20-22,25-26,31H,11-19H2,1-8H3. The van der Waals surface area contributed by atoms with Crippen LogP contribution in [0.1, 0.15) is 113 Å². The molecular weight excluding hydrogens is 376 g/mol. The van der Waals surface area contributed by atoms with Crippen molar-refractivity contribution in [1.82, 2.24) is 0 Å². The fourth-order valence-electron chi connectivity index (χ4n) is 9.36. The third-order valence-electron chi connectivity index (χ3n) is 11.5. The zero-order chi connectivity index (χ0) is 22.8. The summed E-state index contributed by atoms with van der Waals surface area (Å²) in [5.74, 6) is 2.92. The average Bonchev–Trinajstić information content (AvgIpc) is 2.96. The van der Waals surface area contributed by atoms with Crippen molar-refractivity contribution >= 4 is 0 Å². The second-order valence-corrected chi connectivity index (χ2v) is 13.6. The van der Waals surface area contributed by atoms with Gasteiger partial charge in [-0.15, -0.1) is 0 Å². The Morgan fingerprint density at radius 2 is 1.61 bits per heavy atom. The Balaban J connectivity index is 1.66. The van der Waals surface area contributed by atoms with Crippen LogP contribution in [-0.4, -0.2) is 11.2 Å². The summed E-state index contributed by atoms with van der Waals surface area (Å²) in [5.41, 5.74) is 4.91. The van der Waals surface area contributed by atoms with Crippen molar-refractivity contribution in [2.24, 2.45) is 45.3 Å². The van der Waals surface area contributed by atoms with Gasteiger partial charge in [-0.25, -0.2) is 0 Å². The van der Waals surface area contributed by atoms with Crippen LogP contribution in [0.15, 0.2) is 23.3 Å². The number of aliphatic hydroxyl groups is 1.